The van der Waals surface area contributed by atoms with Crippen molar-refractivity contribution in [1.82, 2.24) is 5.43 Å². The van der Waals surface area contributed by atoms with Crippen LogP contribution in [-0.4, -0.2) is 5.84 Å². The maximum absolute atomic E-state index is 12.1. The van der Waals surface area contributed by atoms with E-state index < -0.39 is 0 Å². The summed E-state index contributed by atoms with van der Waals surface area (Å²) >= 11 is 0. The van der Waals surface area contributed by atoms with Gasteiger partial charge in [0.1, 0.15) is 11.3 Å². The Morgan fingerprint density at radius 2 is 1.82 bits per heavy atom. The Hall–Kier alpha value is -3.12. The first-order valence-electron chi connectivity index (χ1n) is 6.61. The second-order valence-electron chi connectivity index (χ2n) is 4.67. The second-order valence-corrected chi connectivity index (χ2v) is 4.67. The molecule has 0 bridgehead atoms. The van der Waals surface area contributed by atoms with E-state index in [1.165, 1.54) is 6.07 Å². The van der Waals surface area contributed by atoms with Crippen LogP contribution in [0.15, 0.2) is 68.9 Å². The predicted molar refractivity (Wildman–Crippen MR) is 86.0 cm³/mol. The molecule has 0 spiro atoms. The molecular weight excluding hydrogens is 280 g/mol. The zero-order valence-electron chi connectivity index (χ0n) is 11.6. The van der Waals surface area contributed by atoms with Crippen molar-refractivity contribution >= 4 is 16.8 Å². The second kappa shape index (κ2) is 5.71. The van der Waals surface area contributed by atoms with Crippen LogP contribution in [0.4, 0.5) is 0 Å². The third kappa shape index (κ3) is 2.43. The van der Waals surface area contributed by atoms with Gasteiger partial charge in [-0.05, 0) is 12.1 Å². The molecule has 0 aliphatic carbocycles. The molecule has 0 saturated carbocycles. The van der Waals surface area contributed by atoms with Crippen molar-refractivity contribution in [2.45, 2.75) is 0 Å². The highest BCUT2D eigenvalue weighted by molar-refractivity contribution is 5.98. The molecule has 2 aromatic carbocycles. The SMILES string of the molecule is N/N=C(\NN)c1ccc(-c2cc(=O)c3ccccc3o2)cc1. The molecule has 0 unspecified atom stereocenters. The molecule has 0 atom stereocenters. The zero-order chi connectivity index (χ0) is 15.5. The maximum atomic E-state index is 12.1. The van der Waals surface area contributed by atoms with Crippen molar-refractivity contribution < 1.29 is 4.42 Å². The summed E-state index contributed by atoms with van der Waals surface area (Å²) in [6.07, 6.45) is 0. The number of nitrogens with two attached hydrogens (primary N) is 2. The first kappa shape index (κ1) is 13.8. The standard InChI is InChI=1S/C16H14N4O2/c17-19-16(20-18)11-7-5-10(6-8-11)15-9-13(21)12-3-1-2-4-14(12)22-15/h1-9H,17-18H2,(H,19,20). The Kier molecular flexibility index (Phi) is 3.59. The van der Waals surface area contributed by atoms with Crippen molar-refractivity contribution in [2.75, 3.05) is 0 Å². The smallest absolute Gasteiger partial charge is 0.193 e. The lowest BCUT2D eigenvalue weighted by Gasteiger charge is -2.06. The number of amidine groups is 1. The number of hydrogen-bond donors (Lipinski definition) is 3. The van der Waals surface area contributed by atoms with Crippen LogP contribution in [0, 0.1) is 0 Å². The van der Waals surface area contributed by atoms with Crippen LogP contribution in [0.5, 0.6) is 0 Å². The lowest BCUT2D eigenvalue weighted by Crippen LogP contribution is -2.31. The van der Waals surface area contributed by atoms with Crippen molar-refractivity contribution in [2.24, 2.45) is 16.8 Å². The van der Waals surface area contributed by atoms with Crippen molar-refractivity contribution in [3.63, 3.8) is 0 Å². The molecule has 0 saturated heterocycles. The van der Waals surface area contributed by atoms with Crippen molar-refractivity contribution in [3.8, 4) is 11.3 Å². The number of benzene rings is 2. The van der Waals surface area contributed by atoms with Gasteiger partial charge in [-0.2, -0.15) is 5.10 Å². The van der Waals surface area contributed by atoms with E-state index in [0.29, 0.717) is 22.6 Å². The van der Waals surface area contributed by atoms with E-state index in [1.807, 2.05) is 18.2 Å². The Morgan fingerprint density at radius 3 is 2.50 bits per heavy atom. The van der Waals surface area contributed by atoms with Gasteiger partial charge in [-0.25, -0.2) is 5.84 Å². The number of hydrazine groups is 1. The fourth-order valence-corrected chi connectivity index (χ4v) is 2.23. The number of para-hydroxylation sites is 1. The van der Waals surface area contributed by atoms with E-state index in [4.69, 9.17) is 16.1 Å². The Bertz CT molecular complexity index is 898. The summed E-state index contributed by atoms with van der Waals surface area (Å²) in [5, 5.41) is 4.10. The minimum Gasteiger partial charge on any atom is -0.456 e. The van der Waals surface area contributed by atoms with E-state index in [-0.39, 0.29) is 5.43 Å². The van der Waals surface area contributed by atoms with E-state index in [9.17, 15) is 4.79 Å². The third-order valence-corrected chi connectivity index (χ3v) is 3.34. The quantitative estimate of drug-likeness (QED) is 0.288. The Labute approximate surface area is 126 Å². The number of nitrogens with zero attached hydrogens (tertiary/aromatic N) is 1. The topological polar surface area (TPSA) is 107 Å². The minimum absolute atomic E-state index is 0.0752. The molecule has 3 rings (SSSR count). The fourth-order valence-electron chi connectivity index (χ4n) is 2.23. The van der Waals surface area contributed by atoms with Gasteiger partial charge in [0.2, 0.25) is 0 Å². The maximum Gasteiger partial charge on any atom is 0.193 e. The largest absolute Gasteiger partial charge is 0.456 e. The molecule has 1 heterocycles. The number of fused-ring (bicyclic) bond motifs is 1. The van der Waals surface area contributed by atoms with Crippen LogP contribution in [0.3, 0.4) is 0 Å². The van der Waals surface area contributed by atoms with Gasteiger partial charge in [-0.3, -0.25) is 4.79 Å². The average molecular weight is 294 g/mol. The third-order valence-electron chi connectivity index (χ3n) is 3.34. The van der Waals surface area contributed by atoms with Crippen LogP contribution in [-0.2, 0) is 0 Å². The monoisotopic (exact) mass is 294 g/mol. The first-order chi connectivity index (χ1) is 10.7. The van der Waals surface area contributed by atoms with Gasteiger partial charge >= 0.3 is 0 Å². The average Bonchev–Trinajstić information content (AvgIpc) is 2.56. The van der Waals surface area contributed by atoms with Crippen molar-refractivity contribution in [1.29, 1.82) is 0 Å². The molecule has 0 aliphatic rings. The molecule has 110 valence electrons. The fraction of sp³-hybridized carbons (Fsp3) is 0. The van der Waals surface area contributed by atoms with E-state index in [2.05, 4.69) is 10.5 Å². The van der Waals surface area contributed by atoms with Gasteiger partial charge in [0.15, 0.2) is 11.3 Å². The summed E-state index contributed by atoms with van der Waals surface area (Å²) in [7, 11) is 0. The summed E-state index contributed by atoms with van der Waals surface area (Å²) < 4.78 is 5.79. The molecule has 0 fully saturated rings. The van der Waals surface area contributed by atoms with E-state index >= 15 is 0 Å². The summed E-state index contributed by atoms with van der Waals surface area (Å²) in [6, 6.07) is 15.8. The van der Waals surface area contributed by atoms with Gasteiger partial charge in [-0.15, -0.1) is 0 Å². The molecule has 0 amide bonds. The van der Waals surface area contributed by atoms with E-state index in [0.717, 1.165) is 11.1 Å². The number of nitrogens with one attached hydrogen (secondary N) is 1. The lowest BCUT2D eigenvalue weighted by molar-refractivity contribution is 0.619. The highest BCUT2D eigenvalue weighted by Crippen LogP contribution is 2.22. The number of hydrazone groups is 1. The van der Waals surface area contributed by atoms with Gasteiger partial charge in [0.05, 0.1) is 5.39 Å². The summed E-state index contributed by atoms with van der Waals surface area (Å²) in [5.41, 5.74) is 4.41. The number of rotatable bonds is 2. The molecule has 3 aromatic rings. The highest BCUT2D eigenvalue weighted by Gasteiger charge is 2.07. The molecule has 6 nitrogen and oxygen atoms in total. The molecule has 1 aromatic heterocycles. The van der Waals surface area contributed by atoms with Gasteiger partial charge < -0.3 is 15.7 Å². The predicted octanol–water partition coefficient (Wildman–Crippen LogP) is 1.54. The lowest BCUT2D eigenvalue weighted by atomic mass is 10.1. The zero-order valence-corrected chi connectivity index (χ0v) is 11.6. The molecule has 22 heavy (non-hydrogen) atoms. The Balaban J connectivity index is 2.06. The summed E-state index contributed by atoms with van der Waals surface area (Å²) in [5.74, 6) is 11.4. The van der Waals surface area contributed by atoms with Gasteiger partial charge in [0.25, 0.3) is 0 Å². The number of hydrogen-bond acceptors (Lipinski definition) is 5. The van der Waals surface area contributed by atoms with Crippen LogP contribution < -0.4 is 22.5 Å². The van der Waals surface area contributed by atoms with E-state index in [1.54, 1.807) is 30.3 Å². The van der Waals surface area contributed by atoms with Crippen LogP contribution in [0.2, 0.25) is 0 Å². The van der Waals surface area contributed by atoms with Crippen LogP contribution in [0.25, 0.3) is 22.3 Å². The van der Waals surface area contributed by atoms with Crippen LogP contribution in [0.1, 0.15) is 5.56 Å². The van der Waals surface area contributed by atoms with Gasteiger partial charge in [-0.1, -0.05) is 36.4 Å². The minimum atomic E-state index is -0.0752. The Morgan fingerprint density at radius 1 is 1.09 bits per heavy atom. The molecule has 6 heteroatoms. The summed E-state index contributed by atoms with van der Waals surface area (Å²) in [6.45, 7) is 0. The molecule has 0 radical (unpaired) electrons. The van der Waals surface area contributed by atoms with Crippen LogP contribution >= 0.6 is 0 Å². The summed E-state index contributed by atoms with van der Waals surface area (Å²) in [4.78, 5) is 12.1. The van der Waals surface area contributed by atoms with Gasteiger partial charge in [0, 0.05) is 17.2 Å². The normalized spacial score (nSPS) is 11.6. The first-order valence-corrected chi connectivity index (χ1v) is 6.61. The molecule has 0 aliphatic heterocycles. The molecule has 5 N–H and O–H groups in total. The van der Waals surface area contributed by atoms with Crippen molar-refractivity contribution in [3.05, 3.63) is 70.4 Å². The molecular formula is C16H14N4O2. The highest BCUT2D eigenvalue weighted by atomic mass is 16.3.